The van der Waals surface area contributed by atoms with Gasteiger partial charge < -0.3 is 9.72 Å². The van der Waals surface area contributed by atoms with E-state index >= 15 is 0 Å². The quantitative estimate of drug-likeness (QED) is 0.683. The van der Waals surface area contributed by atoms with Gasteiger partial charge in [0.2, 0.25) is 0 Å². The lowest BCUT2D eigenvalue weighted by molar-refractivity contribution is -0.140. The number of nitrogens with one attached hydrogen (secondary N) is 1. The van der Waals surface area contributed by atoms with E-state index in [1.807, 2.05) is 6.07 Å². The Hall–Kier alpha value is -1.81. The molecule has 1 aromatic heterocycles. The van der Waals surface area contributed by atoms with Crippen molar-refractivity contribution in [1.82, 2.24) is 4.98 Å². The number of halogens is 1. The number of esters is 1. The van der Waals surface area contributed by atoms with Crippen LogP contribution in [0.1, 0.15) is 23.2 Å². The molecule has 0 amide bonds. The van der Waals surface area contributed by atoms with E-state index in [0.717, 1.165) is 10.9 Å². The van der Waals surface area contributed by atoms with Crippen molar-refractivity contribution >= 4 is 34.3 Å². The third-order valence-corrected chi connectivity index (χ3v) is 2.96. The number of ether oxygens (including phenoxy) is 1. The van der Waals surface area contributed by atoms with E-state index < -0.39 is 0 Å². The summed E-state index contributed by atoms with van der Waals surface area (Å²) >= 11 is 5.90. The number of benzene rings is 1. The summed E-state index contributed by atoms with van der Waals surface area (Å²) in [5.41, 5.74) is 1.40. The summed E-state index contributed by atoms with van der Waals surface area (Å²) in [6.45, 7) is 0. The number of hydrogen-bond acceptors (Lipinski definition) is 3. The van der Waals surface area contributed by atoms with E-state index in [4.69, 9.17) is 11.6 Å². The maximum Gasteiger partial charge on any atom is 0.305 e. The minimum absolute atomic E-state index is 0.0859. The fourth-order valence-corrected chi connectivity index (χ4v) is 1.95. The van der Waals surface area contributed by atoms with E-state index in [1.54, 1.807) is 18.3 Å². The zero-order valence-electron chi connectivity index (χ0n) is 9.83. The maximum absolute atomic E-state index is 12.0. The number of rotatable bonds is 4. The predicted octanol–water partition coefficient (Wildman–Crippen LogP) is 2.96. The van der Waals surface area contributed by atoms with Crippen LogP contribution in [-0.2, 0) is 9.53 Å². The molecule has 0 fully saturated rings. The second kappa shape index (κ2) is 5.23. The Bertz CT molecular complexity index is 603. The lowest BCUT2D eigenvalue weighted by Crippen LogP contribution is -2.05. The molecule has 0 unspecified atom stereocenters. The summed E-state index contributed by atoms with van der Waals surface area (Å²) in [7, 11) is 1.30. The van der Waals surface area contributed by atoms with Gasteiger partial charge in [-0.25, -0.2) is 0 Å². The van der Waals surface area contributed by atoms with Crippen LogP contribution in [0, 0.1) is 0 Å². The molecule has 0 aliphatic heterocycles. The van der Waals surface area contributed by atoms with Gasteiger partial charge in [-0.2, -0.15) is 0 Å². The molecule has 0 saturated carbocycles. The number of aromatic amines is 1. The lowest BCUT2D eigenvalue weighted by Gasteiger charge is -1.99. The molecule has 5 heteroatoms. The Morgan fingerprint density at radius 3 is 2.83 bits per heavy atom. The van der Waals surface area contributed by atoms with Gasteiger partial charge in [0.25, 0.3) is 0 Å². The van der Waals surface area contributed by atoms with Crippen LogP contribution < -0.4 is 0 Å². The number of fused-ring (bicyclic) bond motifs is 1. The van der Waals surface area contributed by atoms with Crippen LogP contribution in [0.15, 0.2) is 24.4 Å². The molecule has 0 atom stereocenters. The van der Waals surface area contributed by atoms with E-state index in [-0.39, 0.29) is 24.6 Å². The summed E-state index contributed by atoms with van der Waals surface area (Å²) in [5.74, 6) is -0.491. The molecule has 4 nitrogen and oxygen atoms in total. The first-order valence-electron chi connectivity index (χ1n) is 5.48. The van der Waals surface area contributed by atoms with Crippen molar-refractivity contribution in [1.29, 1.82) is 0 Å². The predicted molar refractivity (Wildman–Crippen MR) is 68.9 cm³/mol. The number of carbonyl (C=O) groups excluding carboxylic acids is 2. The summed E-state index contributed by atoms with van der Waals surface area (Å²) in [6, 6.07) is 5.30. The van der Waals surface area contributed by atoms with Crippen LogP contribution in [0.4, 0.5) is 0 Å². The van der Waals surface area contributed by atoms with Gasteiger partial charge in [0.1, 0.15) is 0 Å². The minimum Gasteiger partial charge on any atom is -0.469 e. The molecular formula is C13H12ClNO3. The zero-order valence-corrected chi connectivity index (χ0v) is 10.6. The second-order valence-electron chi connectivity index (χ2n) is 3.89. The van der Waals surface area contributed by atoms with Crippen molar-refractivity contribution in [2.45, 2.75) is 12.8 Å². The summed E-state index contributed by atoms with van der Waals surface area (Å²) < 4.78 is 4.50. The largest absolute Gasteiger partial charge is 0.469 e. The van der Waals surface area contributed by atoms with Crippen molar-refractivity contribution in [2.75, 3.05) is 7.11 Å². The van der Waals surface area contributed by atoms with E-state index in [9.17, 15) is 9.59 Å². The maximum atomic E-state index is 12.0. The van der Waals surface area contributed by atoms with Crippen molar-refractivity contribution in [3.05, 3.63) is 35.0 Å². The van der Waals surface area contributed by atoms with E-state index in [2.05, 4.69) is 9.72 Å². The summed E-state index contributed by atoms with van der Waals surface area (Å²) in [6.07, 6.45) is 1.86. The van der Waals surface area contributed by atoms with Crippen LogP contribution >= 0.6 is 11.6 Å². The zero-order chi connectivity index (χ0) is 13.1. The molecule has 0 aliphatic carbocycles. The Balaban J connectivity index is 2.22. The molecule has 0 radical (unpaired) electrons. The van der Waals surface area contributed by atoms with Gasteiger partial charge in [-0.1, -0.05) is 11.6 Å². The Morgan fingerprint density at radius 1 is 1.33 bits per heavy atom. The molecule has 1 N–H and O–H groups in total. The van der Waals surface area contributed by atoms with Crippen LogP contribution in [0.5, 0.6) is 0 Å². The average Bonchev–Trinajstić information content (AvgIpc) is 2.78. The normalized spacial score (nSPS) is 10.6. The number of hydrogen-bond donors (Lipinski definition) is 1. The Kier molecular flexibility index (Phi) is 3.67. The van der Waals surface area contributed by atoms with Gasteiger partial charge in [0.05, 0.1) is 13.5 Å². The molecule has 0 bridgehead atoms. The van der Waals surface area contributed by atoms with Gasteiger partial charge >= 0.3 is 5.97 Å². The topological polar surface area (TPSA) is 59.2 Å². The van der Waals surface area contributed by atoms with Crippen LogP contribution in [-0.4, -0.2) is 23.8 Å². The molecule has 0 saturated heterocycles. The highest BCUT2D eigenvalue weighted by molar-refractivity contribution is 6.31. The molecule has 0 spiro atoms. The number of Topliss-reactive ketones (excluding diaryl/α,β-unsaturated/α-hetero) is 1. The number of methoxy groups -OCH3 is 1. The molecule has 0 aliphatic rings. The summed E-state index contributed by atoms with van der Waals surface area (Å²) in [4.78, 5) is 26.0. The average molecular weight is 266 g/mol. The minimum atomic E-state index is -0.388. The number of carbonyl (C=O) groups is 2. The molecular weight excluding hydrogens is 254 g/mol. The van der Waals surface area contributed by atoms with Crippen molar-refractivity contribution in [3.63, 3.8) is 0 Å². The van der Waals surface area contributed by atoms with Gasteiger partial charge in [-0.3, -0.25) is 9.59 Å². The van der Waals surface area contributed by atoms with Crippen LogP contribution in [0.3, 0.4) is 0 Å². The monoisotopic (exact) mass is 265 g/mol. The molecule has 18 heavy (non-hydrogen) atoms. The van der Waals surface area contributed by atoms with Crippen molar-refractivity contribution in [2.24, 2.45) is 0 Å². The molecule has 94 valence electrons. The highest BCUT2D eigenvalue weighted by Crippen LogP contribution is 2.23. The second-order valence-corrected chi connectivity index (χ2v) is 4.33. The molecule has 2 rings (SSSR count). The number of aromatic nitrogens is 1. The van der Waals surface area contributed by atoms with Crippen LogP contribution in [0.2, 0.25) is 5.02 Å². The van der Waals surface area contributed by atoms with Crippen LogP contribution in [0.25, 0.3) is 10.9 Å². The van der Waals surface area contributed by atoms with Gasteiger partial charge in [-0.15, -0.1) is 0 Å². The van der Waals surface area contributed by atoms with E-state index in [1.165, 1.54) is 7.11 Å². The molecule has 1 aromatic carbocycles. The van der Waals surface area contributed by atoms with Crippen molar-refractivity contribution in [3.8, 4) is 0 Å². The first-order valence-corrected chi connectivity index (χ1v) is 5.86. The van der Waals surface area contributed by atoms with Gasteiger partial charge in [-0.05, 0) is 18.2 Å². The van der Waals surface area contributed by atoms with Crippen molar-refractivity contribution < 1.29 is 14.3 Å². The SMILES string of the molecule is COC(=O)CCC(=O)c1c[nH]c2ccc(Cl)cc12. The van der Waals surface area contributed by atoms with Gasteiger partial charge in [0.15, 0.2) is 5.78 Å². The third kappa shape index (κ3) is 2.54. The molecule has 2 aromatic rings. The smallest absolute Gasteiger partial charge is 0.305 e. The first-order chi connectivity index (χ1) is 8.61. The standard InChI is InChI=1S/C13H12ClNO3/c1-18-13(17)5-4-12(16)10-7-15-11-3-2-8(14)6-9(10)11/h2-3,6-7,15H,4-5H2,1H3. The fraction of sp³-hybridized carbons (Fsp3) is 0.231. The Morgan fingerprint density at radius 2 is 2.11 bits per heavy atom. The lowest BCUT2D eigenvalue weighted by atomic mass is 10.1. The number of ketones is 1. The first kappa shape index (κ1) is 12.6. The highest BCUT2D eigenvalue weighted by atomic mass is 35.5. The summed E-state index contributed by atoms with van der Waals surface area (Å²) in [5, 5.41) is 1.35. The fourth-order valence-electron chi connectivity index (χ4n) is 1.78. The number of H-pyrrole nitrogens is 1. The van der Waals surface area contributed by atoms with Gasteiger partial charge in [0, 0.05) is 34.1 Å². The molecule has 1 heterocycles. The Labute approximate surface area is 109 Å². The highest BCUT2D eigenvalue weighted by Gasteiger charge is 2.14. The third-order valence-electron chi connectivity index (χ3n) is 2.73. The van der Waals surface area contributed by atoms with E-state index in [0.29, 0.717) is 10.6 Å².